The minimum absolute atomic E-state index is 0.231. The van der Waals surface area contributed by atoms with E-state index in [1.165, 1.54) is 5.69 Å². The summed E-state index contributed by atoms with van der Waals surface area (Å²) >= 11 is 0. The predicted octanol–water partition coefficient (Wildman–Crippen LogP) is 1.77. The first-order valence-corrected chi connectivity index (χ1v) is 6.27. The standard InChI is InChI=1S/C14H19N3O/c18-12-4-8-17(14-5-2-1-3-6-14)11-10-16-9-7-15-13-16/h1-3,5-7,9,13,18H,4,8,10-12H2. The lowest BCUT2D eigenvalue weighted by atomic mass is 10.2. The summed E-state index contributed by atoms with van der Waals surface area (Å²) in [6.07, 6.45) is 6.38. The van der Waals surface area contributed by atoms with Gasteiger partial charge in [0.2, 0.25) is 0 Å². The van der Waals surface area contributed by atoms with Crippen LogP contribution < -0.4 is 4.90 Å². The first kappa shape index (κ1) is 12.6. The molecular formula is C14H19N3O. The van der Waals surface area contributed by atoms with Crippen molar-refractivity contribution in [3.8, 4) is 0 Å². The third kappa shape index (κ3) is 3.60. The van der Waals surface area contributed by atoms with Crippen LogP contribution in [0.4, 0.5) is 5.69 Å². The molecule has 0 atom stereocenters. The van der Waals surface area contributed by atoms with E-state index in [0.29, 0.717) is 0 Å². The van der Waals surface area contributed by atoms with Crippen LogP contribution in [-0.4, -0.2) is 34.4 Å². The molecular weight excluding hydrogens is 226 g/mol. The van der Waals surface area contributed by atoms with Gasteiger partial charge >= 0.3 is 0 Å². The van der Waals surface area contributed by atoms with Gasteiger partial charge in [-0.15, -0.1) is 0 Å². The Balaban J connectivity index is 1.96. The van der Waals surface area contributed by atoms with E-state index in [2.05, 4.69) is 26.6 Å². The lowest BCUT2D eigenvalue weighted by Crippen LogP contribution is -2.28. The molecule has 0 unspecified atom stereocenters. The molecule has 0 amide bonds. The SMILES string of the molecule is OCCCN(CCn1ccnc1)c1ccccc1. The van der Waals surface area contributed by atoms with Crippen LogP contribution in [0, 0.1) is 0 Å². The van der Waals surface area contributed by atoms with Crippen molar-refractivity contribution in [1.29, 1.82) is 0 Å². The first-order chi connectivity index (χ1) is 8.90. The van der Waals surface area contributed by atoms with Crippen molar-refractivity contribution in [2.45, 2.75) is 13.0 Å². The van der Waals surface area contributed by atoms with Gasteiger partial charge in [0.05, 0.1) is 6.33 Å². The van der Waals surface area contributed by atoms with E-state index in [0.717, 1.165) is 26.1 Å². The number of aliphatic hydroxyl groups excluding tert-OH is 1. The number of aliphatic hydroxyl groups is 1. The molecule has 0 fully saturated rings. The van der Waals surface area contributed by atoms with Crippen molar-refractivity contribution in [2.75, 3.05) is 24.6 Å². The van der Waals surface area contributed by atoms with Crippen LogP contribution in [0.25, 0.3) is 0 Å². The van der Waals surface area contributed by atoms with E-state index in [-0.39, 0.29) is 6.61 Å². The van der Waals surface area contributed by atoms with Crippen LogP contribution in [0.2, 0.25) is 0 Å². The van der Waals surface area contributed by atoms with Crippen molar-refractivity contribution in [2.24, 2.45) is 0 Å². The van der Waals surface area contributed by atoms with Crippen LogP contribution in [0.15, 0.2) is 49.1 Å². The van der Waals surface area contributed by atoms with Gasteiger partial charge in [-0.05, 0) is 18.6 Å². The maximum Gasteiger partial charge on any atom is 0.0946 e. The summed E-state index contributed by atoms with van der Waals surface area (Å²) in [6, 6.07) is 10.3. The Labute approximate surface area is 108 Å². The van der Waals surface area contributed by atoms with Crippen LogP contribution in [0.3, 0.4) is 0 Å². The van der Waals surface area contributed by atoms with Gasteiger partial charge in [0.1, 0.15) is 0 Å². The summed E-state index contributed by atoms with van der Waals surface area (Å²) in [5, 5.41) is 8.97. The largest absolute Gasteiger partial charge is 0.396 e. The second-order valence-corrected chi connectivity index (χ2v) is 4.20. The summed E-state index contributed by atoms with van der Waals surface area (Å²) in [4.78, 5) is 6.33. The number of hydrogen-bond acceptors (Lipinski definition) is 3. The lowest BCUT2D eigenvalue weighted by Gasteiger charge is -2.24. The third-order valence-corrected chi connectivity index (χ3v) is 2.89. The van der Waals surface area contributed by atoms with E-state index in [9.17, 15) is 0 Å². The van der Waals surface area contributed by atoms with Crippen LogP contribution in [-0.2, 0) is 6.54 Å². The first-order valence-electron chi connectivity index (χ1n) is 6.27. The van der Waals surface area contributed by atoms with E-state index >= 15 is 0 Å². The fourth-order valence-corrected chi connectivity index (χ4v) is 1.93. The number of para-hydroxylation sites is 1. The Morgan fingerprint density at radius 2 is 2.00 bits per heavy atom. The number of rotatable bonds is 7. The smallest absolute Gasteiger partial charge is 0.0946 e. The van der Waals surface area contributed by atoms with Crippen LogP contribution in [0.1, 0.15) is 6.42 Å². The van der Waals surface area contributed by atoms with Gasteiger partial charge in [0, 0.05) is 44.3 Å². The second kappa shape index (κ2) is 6.81. The Hall–Kier alpha value is -1.81. The number of aromatic nitrogens is 2. The molecule has 1 aromatic carbocycles. The molecule has 0 saturated carbocycles. The number of imidazole rings is 1. The maximum absolute atomic E-state index is 8.97. The highest BCUT2D eigenvalue weighted by molar-refractivity contribution is 5.45. The molecule has 0 aliphatic carbocycles. The van der Waals surface area contributed by atoms with Gasteiger partial charge in [-0.2, -0.15) is 0 Å². The minimum Gasteiger partial charge on any atom is -0.396 e. The summed E-state index contributed by atoms with van der Waals surface area (Å²) in [6.45, 7) is 2.92. The van der Waals surface area contributed by atoms with Gasteiger partial charge < -0.3 is 14.6 Å². The van der Waals surface area contributed by atoms with E-state index in [4.69, 9.17) is 5.11 Å². The lowest BCUT2D eigenvalue weighted by molar-refractivity contribution is 0.289. The van der Waals surface area contributed by atoms with Crippen LogP contribution >= 0.6 is 0 Å². The molecule has 1 aromatic heterocycles. The average molecular weight is 245 g/mol. The molecule has 0 saturated heterocycles. The van der Waals surface area contributed by atoms with Crippen molar-refractivity contribution in [1.82, 2.24) is 9.55 Å². The fraction of sp³-hybridized carbons (Fsp3) is 0.357. The highest BCUT2D eigenvalue weighted by atomic mass is 16.3. The number of benzene rings is 1. The van der Waals surface area contributed by atoms with Crippen LogP contribution in [0.5, 0.6) is 0 Å². The van der Waals surface area contributed by atoms with Crippen molar-refractivity contribution < 1.29 is 5.11 Å². The fourth-order valence-electron chi connectivity index (χ4n) is 1.93. The molecule has 18 heavy (non-hydrogen) atoms. The highest BCUT2D eigenvalue weighted by Crippen LogP contribution is 2.13. The number of nitrogens with zero attached hydrogens (tertiary/aromatic N) is 3. The number of anilines is 1. The third-order valence-electron chi connectivity index (χ3n) is 2.89. The molecule has 2 aromatic rings. The Morgan fingerprint density at radius 1 is 1.17 bits per heavy atom. The van der Waals surface area contributed by atoms with Gasteiger partial charge in [-0.1, -0.05) is 18.2 Å². The van der Waals surface area contributed by atoms with Gasteiger partial charge in [0.25, 0.3) is 0 Å². The molecule has 2 rings (SSSR count). The van der Waals surface area contributed by atoms with Crippen molar-refractivity contribution >= 4 is 5.69 Å². The van der Waals surface area contributed by atoms with Crippen molar-refractivity contribution in [3.05, 3.63) is 49.1 Å². The zero-order valence-electron chi connectivity index (χ0n) is 10.4. The van der Waals surface area contributed by atoms with E-state index in [1.54, 1.807) is 6.20 Å². The molecule has 4 heteroatoms. The Kier molecular flexibility index (Phi) is 4.78. The summed E-state index contributed by atoms with van der Waals surface area (Å²) < 4.78 is 2.06. The van der Waals surface area contributed by atoms with Crippen molar-refractivity contribution in [3.63, 3.8) is 0 Å². The minimum atomic E-state index is 0.231. The maximum atomic E-state index is 8.97. The Bertz CT molecular complexity index is 428. The number of hydrogen-bond donors (Lipinski definition) is 1. The Morgan fingerprint density at radius 3 is 2.67 bits per heavy atom. The van der Waals surface area contributed by atoms with Gasteiger partial charge in [0.15, 0.2) is 0 Å². The molecule has 96 valence electrons. The molecule has 0 bridgehead atoms. The monoisotopic (exact) mass is 245 g/mol. The van der Waals surface area contributed by atoms with Gasteiger partial charge in [-0.3, -0.25) is 0 Å². The quantitative estimate of drug-likeness (QED) is 0.808. The summed E-state index contributed by atoms with van der Waals surface area (Å²) in [7, 11) is 0. The predicted molar refractivity (Wildman–Crippen MR) is 72.6 cm³/mol. The van der Waals surface area contributed by atoms with E-state index in [1.807, 2.05) is 30.7 Å². The molecule has 0 radical (unpaired) electrons. The summed E-state index contributed by atoms with van der Waals surface area (Å²) in [5.74, 6) is 0. The van der Waals surface area contributed by atoms with E-state index < -0.39 is 0 Å². The average Bonchev–Trinajstić information content (AvgIpc) is 2.93. The molecule has 0 aliphatic heterocycles. The zero-order valence-corrected chi connectivity index (χ0v) is 10.4. The normalized spacial score (nSPS) is 10.5. The molecule has 4 nitrogen and oxygen atoms in total. The molecule has 1 N–H and O–H groups in total. The molecule has 1 heterocycles. The molecule has 0 aliphatic rings. The zero-order chi connectivity index (χ0) is 12.6. The molecule has 0 spiro atoms. The highest BCUT2D eigenvalue weighted by Gasteiger charge is 2.05. The summed E-state index contributed by atoms with van der Waals surface area (Å²) in [5.41, 5.74) is 1.20. The topological polar surface area (TPSA) is 41.3 Å². The second-order valence-electron chi connectivity index (χ2n) is 4.20. The van der Waals surface area contributed by atoms with Gasteiger partial charge in [-0.25, -0.2) is 4.98 Å².